The highest BCUT2D eigenvalue weighted by Crippen LogP contribution is 2.29. The number of hydrogen-bond acceptors (Lipinski definition) is 3. The van der Waals surface area contributed by atoms with Crippen molar-refractivity contribution >= 4 is 17.4 Å². The number of rotatable bonds is 4. The molecule has 0 radical (unpaired) electrons. The van der Waals surface area contributed by atoms with E-state index in [0.29, 0.717) is 17.2 Å². The molecule has 0 unspecified atom stereocenters. The topological polar surface area (TPSA) is 35.2 Å². The number of nitrogens with two attached hydrogens (primary N) is 1. The van der Waals surface area contributed by atoms with Gasteiger partial charge in [-0.25, -0.2) is 8.78 Å². The van der Waals surface area contributed by atoms with Gasteiger partial charge in [-0.3, -0.25) is 0 Å². The number of halogens is 2. The summed E-state index contributed by atoms with van der Waals surface area (Å²) in [5.74, 6) is 0.242. The minimum absolute atomic E-state index is 0.286. The van der Waals surface area contributed by atoms with Crippen LogP contribution < -0.4 is 10.5 Å². The zero-order valence-electron chi connectivity index (χ0n) is 10.3. The third-order valence-electron chi connectivity index (χ3n) is 2.58. The van der Waals surface area contributed by atoms with E-state index in [9.17, 15) is 8.78 Å². The number of methoxy groups -OCH3 is 1. The summed E-state index contributed by atoms with van der Waals surface area (Å²) in [5, 5.41) is 0. The molecule has 0 aliphatic rings. The molecule has 0 amide bonds. The van der Waals surface area contributed by atoms with Crippen LogP contribution in [0.1, 0.15) is 5.56 Å². The second-order valence-electron chi connectivity index (χ2n) is 3.94. The molecule has 2 nitrogen and oxygen atoms in total. The van der Waals surface area contributed by atoms with E-state index in [2.05, 4.69) is 0 Å². The molecule has 0 saturated heterocycles. The van der Waals surface area contributed by atoms with Crippen LogP contribution >= 0.6 is 11.8 Å². The average Bonchev–Trinajstić information content (AvgIpc) is 2.40. The van der Waals surface area contributed by atoms with Gasteiger partial charge in [-0.15, -0.1) is 11.8 Å². The Bertz CT molecular complexity index is 590. The van der Waals surface area contributed by atoms with Crippen LogP contribution in [-0.2, 0) is 5.75 Å². The van der Waals surface area contributed by atoms with Gasteiger partial charge in [0.2, 0.25) is 0 Å². The van der Waals surface area contributed by atoms with Gasteiger partial charge in [-0.2, -0.15) is 0 Å². The second kappa shape index (κ2) is 5.93. The Morgan fingerprint density at radius 1 is 1.16 bits per heavy atom. The molecule has 2 N–H and O–H groups in total. The lowest BCUT2D eigenvalue weighted by Gasteiger charge is -2.07. The van der Waals surface area contributed by atoms with Crippen molar-refractivity contribution in [3.8, 4) is 5.75 Å². The lowest BCUT2D eigenvalue weighted by atomic mass is 10.2. The number of hydrogen-bond donors (Lipinski definition) is 1. The van der Waals surface area contributed by atoms with Crippen molar-refractivity contribution in [3.63, 3.8) is 0 Å². The molecule has 0 bridgehead atoms. The van der Waals surface area contributed by atoms with E-state index in [1.54, 1.807) is 19.2 Å². The summed E-state index contributed by atoms with van der Waals surface area (Å²) >= 11 is 1.23. The zero-order chi connectivity index (χ0) is 13.8. The standard InChI is InChI=1S/C14H13F2NOS/c1-18-13-5-2-9(6-12(13)17)8-19-14-7-10(15)3-4-11(14)16/h2-7H,8,17H2,1H3. The minimum Gasteiger partial charge on any atom is -0.495 e. The molecule has 2 aromatic rings. The Morgan fingerprint density at radius 2 is 1.95 bits per heavy atom. The van der Waals surface area contributed by atoms with Crippen molar-refractivity contribution in [2.45, 2.75) is 10.6 Å². The van der Waals surface area contributed by atoms with E-state index in [1.165, 1.54) is 17.8 Å². The highest BCUT2D eigenvalue weighted by atomic mass is 32.2. The Balaban J connectivity index is 2.10. The van der Waals surface area contributed by atoms with Crippen LogP contribution in [0.3, 0.4) is 0 Å². The molecule has 0 aromatic heterocycles. The quantitative estimate of drug-likeness (QED) is 0.683. The molecule has 0 aliphatic heterocycles. The number of benzene rings is 2. The van der Waals surface area contributed by atoms with Crippen molar-refractivity contribution in [1.29, 1.82) is 0 Å². The van der Waals surface area contributed by atoms with Crippen LogP contribution in [0.2, 0.25) is 0 Å². The highest BCUT2D eigenvalue weighted by molar-refractivity contribution is 7.98. The Hall–Kier alpha value is -1.75. The molecular formula is C14H13F2NOS. The van der Waals surface area contributed by atoms with Crippen LogP contribution in [0.25, 0.3) is 0 Å². The molecule has 0 heterocycles. The molecule has 19 heavy (non-hydrogen) atoms. The molecule has 2 rings (SSSR count). The van der Waals surface area contributed by atoms with E-state index in [-0.39, 0.29) is 4.90 Å². The van der Waals surface area contributed by atoms with Crippen LogP contribution in [-0.4, -0.2) is 7.11 Å². The van der Waals surface area contributed by atoms with E-state index in [1.807, 2.05) is 6.07 Å². The Labute approximate surface area is 114 Å². The fourth-order valence-electron chi connectivity index (χ4n) is 1.62. The summed E-state index contributed by atoms with van der Waals surface area (Å²) in [6, 6.07) is 8.79. The normalized spacial score (nSPS) is 10.5. The van der Waals surface area contributed by atoms with Crippen LogP contribution in [0.15, 0.2) is 41.3 Å². The largest absolute Gasteiger partial charge is 0.495 e. The number of ether oxygens (including phenoxy) is 1. The first-order valence-corrected chi connectivity index (χ1v) is 6.59. The van der Waals surface area contributed by atoms with Gasteiger partial charge in [-0.05, 0) is 35.9 Å². The smallest absolute Gasteiger partial charge is 0.141 e. The molecular weight excluding hydrogens is 268 g/mol. The first-order valence-electron chi connectivity index (χ1n) is 5.60. The van der Waals surface area contributed by atoms with Crippen LogP contribution in [0, 0.1) is 11.6 Å². The maximum Gasteiger partial charge on any atom is 0.141 e. The van der Waals surface area contributed by atoms with Gasteiger partial charge in [0.15, 0.2) is 0 Å². The van der Waals surface area contributed by atoms with Crippen molar-refractivity contribution in [2.24, 2.45) is 0 Å². The van der Waals surface area contributed by atoms with Gasteiger partial charge >= 0.3 is 0 Å². The van der Waals surface area contributed by atoms with Crippen molar-refractivity contribution in [2.75, 3.05) is 12.8 Å². The van der Waals surface area contributed by atoms with Crippen LogP contribution in [0.5, 0.6) is 5.75 Å². The van der Waals surface area contributed by atoms with Crippen molar-refractivity contribution in [1.82, 2.24) is 0 Å². The predicted octanol–water partition coefficient (Wildman–Crippen LogP) is 3.85. The average molecular weight is 281 g/mol. The Morgan fingerprint density at radius 3 is 2.63 bits per heavy atom. The Kier molecular flexibility index (Phi) is 4.27. The van der Waals surface area contributed by atoms with Gasteiger partial charge < -0.3 is 10.5 Å². The summed E-state index contributed by atoms with van der Waals surface area (Å²) in [6.07, 6.45) is 0. The first-order chi connectivity index (χ1) is 9.10. The van der Waals surface area contributed by atoms with E-state index < -0.39 is 11.6 Å². The summed E-state index contributed by atoms with van der Waals surface area (Å²) in [7, 11) is 1.54. The molecule has 0 aliphatic carbocycles. The first kappa shape index (κ1) is 13.7. The van der Waals surface area contributed by atoms with Gasteiger partial charge in [0.25, 0.3) is 0 Å². The number of nitrogen functional groups attached to an aromatic ring is 1. The highest BCUT2D eigenvalue weighted by Gasteiger charge is 2.06. The SMILES string of the molecule is COc1ccc(CSc2cc(F)ccc2F)cc1N. The third kappa shape index (κ3) is 3.38. The summed E-state index contributed by atoms with van der Waals surface area (Å²) in [4.78, 5) is 0.286. The summed E-state index contributed by atoms with van der Waals surface area (Å²) < 4.78 is 31.5. The fraction of sp³-hybridized carbons (Fsp3) is 0.143. The summed E-state index contributed by atoms with van der Waals surface area (Å²) in [6.45, 7) is 0. The van der Waals surface area contributed by atoms with Gasteiger partial charge in [-0.1, -0.05) is 6.07 Å². The summed E-state index contributed by atoms with van der Waals surface area (Å²) in [5.41, 5.74) is 7.24. The van der Waals surface area contributed by atoms with Gasteiger partial charge in [0, 0.05) is 10.6 Å². The minimum atomic E-state index is -0.446. The van der Waals surface area contributed by atoms with E-state index >= 15 is 0 Å². The second-order valence-corrected chi connectivity index (χ2v) is 4.96. The molecule has 5 heteroatoms. The molecule has 0 spiro atoms. The monoisotopic (exact) mass is 281 g/mol. The van der Waals surface area contributed by atoms with Crippen molar-refractivity contribution in [3.05, 3.63) is 53.6 Å². The fourth-order valence-corrected chi connectivity index (χ4v) is 2.53. The van der Waals surface area contributed by atoms with E-state index in [0.717, 1.165) is 17.7 Å². The maximum atomic E-state index is 13.4. The molecule has 100 valence electrons. The van der Waals surface area contributed by atoms with Crippen molar-refractivity contribution < 1.29 is 13.5 Å². The van der Waals surface area contributed by atoms with Crippen LogP contribution in [0.4, 0.5) is 14.5 Å². The number of anilines is 1. The molecule has 0 atom stereocenters. The van der Waals surface area contributed by atoms with Gasteiger partial charge in [0.1, 0.15) is 17.4 Å². The lowest BCUT2D eigenvalue weighted by Crippen LogP contribution is -1.93. The molecule has 0 saturated carbocycles. The molecule has 2 aromatic carbocycles. The maximum absolute atomic E-state index is 13.4. The molecule has 0 fully saturated rings. The number of thioether (sulfide) groups is 1. The lowest BCUT2D eigenvalue weighted by molar-refractivity contribution is 0.417. The predicted molar refractivity (Wildman–Crippen MR) is 73.3 cm³/mol. The van der Waals surface area contributed by atoms with E-state index in [4.69, 9.17) is 10.5 Å². The van der Waals surface area contributed by atoms with Gasteiger partial charge in [0.05, 0.1) is 12.8 Å². The third-order valence-corrected chi connectivity index (χ3v) is 3.68. The zero-order valence-corrected chi connectivity index (χ0v) is 11.1.